The molecule has 0 rings (SSSR count). The van der Waals surface area contributed by atoms with Crippen LogP contribution in [0, 0.1) is 5.92 Å². The molecule has 0 saturated carbocycles. The summed E-state index contributed by atoms with van der Waals surface area (Å²) in [5.41, 5.74) is 0. The van der Waals surface area contributed by atoms with Crippen LogP contribution in [0.4, 0.5) is 0 Å². The van der Waals surface area contributed by atoms with Crippen LogP contribution in [-0.4, -0.2) is 26.5 Å². The number of hydrogen-bond donors (Lipinski definition) is 4. The predicted molar refractivity (Wildman–Crippen MR) is 109 cm³/mol. The van der Waals surface area contributed by atoms with E-state index >= 15 is 0 Å². The van der Waals surface area contributed by atoms with Crippen molar-refractivity contribution >= 4 is 35.1 Å². The van der Waals surface area contributed by atoms with E-state index in [2.05, 4.69) is 6.92 Å². The van der Waals surface area contributed by atoms with Crippen molar-refractivity contribution in [2.24, 2.45) is 5.92 Å². The van der Waals surface area contributed by atoms with Crippen LogP contribution in [0.5, 0.6) is 0 Å². The molecule has 0 fully saturated rings. The predicted octanol–water partition coefficient (Wildman–Crippen LogP) is 6.36. The van der Waals surface area contributed by atoms with Crippen LogP contribution >= 0.6 is 23.2 Å². The highest BCUT2D eigenvalue weighted by molar-refractivity contribution is 6.58. The first kappa shape index (κ1) is 30.2. The highest BCUT2D eigenvalue weighted by atomic mass is 35.5. The van der Waals surface area contributed by atoms with E-state index in [4.69, 9.17) is 33.4 Å². The van der Waals surface area contributed by atoms with Crippen LogP contribution in [0.1, 0.15) is 90.4 Å². The number of alkyl halides is 2. The molecule has 1 unspecified atom stereocenters. The fraction of sp³-hybridized carbons (Fsp3) is 0.889. The van der Waals surface area contributed by atoms with Gasteiger partial charge in [0, 0.05) is 0 Å². The standard InChI is InChI=1S/C18H32Cl2O4.2H3N/c1-2-3-4-5-6-7-8-9-10-11-12-13-14-15(16(21)22)18(19,20)17(23)24;;/h15H,2-14H2,1H3,(H,21,22)(H,23,24);2*1H3. The third-order valence-corrected chi connectivity index (χ3v) is 5.22. The highest BCUT2D eigenvalue weighted by Gasteiger charge is 2.46. The van der Waals surface area contributed by atoms with E-state index in [1.54, 1.807) is 0 Å². The number of carboxylic acids is 2. The summed E-state index contributed by atoms with van der Waals surface area (Å²) in [6, 6.07) is 0. The van der Waals surface area contributed by atoms with Gasteiger partial charge in [0.1, 0.15) is 5.92 Å². The molecule has 26 heavy (non-hydrogen) atoms. The molecule has 0 aliphatic heterocycles. The summed E-state index contributed by atoms with van der Waals surface area (Å²) < 4.78 is -2.26. The summed E-state index contributed by atoms with van der Waals surface area (Å²) >= 11 is 11.3. The Labute approximate surface area is 168 Å². The lowest BCUT2D eigenvalue weighted by Crippen LogP contribution is -2.39. The van der Waals surface area contributed by atoms with Crippen LogP contribution in [0.25, 0.3) is 0 Å². The smallest absolute Gasteiger partial charge is 0.341 e. The van der Waals surface area contributed by atoms with Gasteiger partial charge in [-0.25, -0.2) is 4.79 Å². The lowest BCUT2D eigenvalue weighted by molar-refractivity contribution is -0.149. The van der Waals surface area contributed by atoms with Crippen molar-refractivity contribution in [1.82, 2.24) is 12.3 Å². The zero-order chi connectivity index (χ0) is 18.4. The van der Waals surface area contributed by atoms with Gasteiger partial charge in [0.2, 0.25) is 4.33 Å². The monoisotopic (exact) mass is 416 g/mol. The molecular formula is C18H38Cl2N2O4. The second-order valence-electron chi connectivity index (χ2n) is 6.50. The van der Waals surface area contributed by atoms with Crippen LogP contribution in [0.2, 0.25) is 0 Å². The van der Waals surface area contributed by atoms with Crippen LogP contribution < -0.4 is 12.3 Å². The molecule has 0 heterocycles. The average Bonchev–Trinajstić information content (AvgIpc) is 2.51. The molecule has 0 aliphatic carbocycles. The molecule has 0 bridgehead atoms. The summed E-state index contributed by atoms with van der Waals surface area (Å²) in [7, 11) is 0. The van der Waals surface area contributed by atoms with Gasteiger partial charge in [-0.15, -0.1) is 0 Å². The minimum Gasteiger partial charge on any atom is -0.481 e. The Morgan fingerprint density at radius 3 is 1.42 bits per heavy atom. The molecular weight excluding hydrogens is 379 g/mol. The normalized spacial score (nSPS) is 12.0. The zero-order valence-electron chi connectivity index (χ0n) is 16.2. The molecule has 0 amide bonds. The first-order chi connectivity index (χ1) is 11.3. The molecule has 0 aromatic heterocycles. The van der Waals surface area contributed by atoms with E-state index in [0.717, 1.165) is 19.3 Å². The van der Waals surface area contributed by atoms with Gasteiger partial charge in [-0.2, -0.15) is 0 Å². The van der Waals surface area contributed by atoms with E-state index in [0.29, 0.717) is 6.42 Å². The molecule has 0 aliphatic rings. The van der Waals surface area contributed by atoms with Gasteiger partial charge in [-0.1, -0.05) is 107 Å². The van der Waals surface area contributed by atoms with Crippen molar-refractivity contribution < 1.29 is 19.8 Å². The first-order valence-electron chi connectivity index (χ1n) is 9.18. The molecule has 158 valence electrons. The largest absolute Gasteiger partial charge is 0.481 e. The van der Waals surface area contributed by atoms with E-state index in [9.17, 15) is 9.59 Å². The SMILES string of the molecule is CCCCCCCCCCCCCCC(C(=O)O)C(Cl)(Cl)C(=O)O.N.N. The molecule has 0 aromatic rings. The quantitative estimate of drug-likeness (QED) is 0.170. The lowest BCUT2D eigenvalue weighted by atomic mass is 9.96. The molecule has 0 radical (unpaired) electrons. The first-order valence-corrected chi connectivity index (χ1v) is 9.93. The minimum absolute atomic E-state index is 0. The minimum atomic E-state index is -2.26. The van der Waals surface area contributed by atoms with Crippen molar-refractivity contribution in [3.8, 4) is 0 Å². The van der Waals surface area contributed by atoms with Gasteiger partial charge in [0.15, 0.2) is 0 Å². The maximum Gasteiger partial charge on any atom is 0.341 e. The van der Waals surface area contributed by atoms with Crippen molar-refractivity contribution in [1.29, 1.82) is 0 Å². The van der Waals surface area contributed by atoms with E-state index < -0.39 is 22.2 Å². The van der Waals surface area contributed by atoms with Gasteiger partial charge in [-0.05, 0) is 6.42 Å². The van der Waals surface area contributed by atoms with Crippen molar-refractivity contribution in [2.75, 3.05) is 0 Å². The Hall–Kier alpha value is -0.560. The molecule has 0 aromatic carbocycles. The number of unbranched alkanes of at least 4 members (excludes halogenated alkanes) is 11. The maximum absolute atomic E-state index is 11.2. The number of hydrogen-bond acceptors (Lipinski definition) is 4. The van der Waals surface area contributed by atoms with Crippen molar-refractivity contribution in [3.05, 3.63) is 0 Å². The van der Waals surface area contributed by atoms with E-state index in [-0.39, 0.29) is 18.7 Å². The van der Waals surface area contributed by atoms with Gasteiger partial charge in [0.05, 0.1) is 0 Å². The maximum atomic E-state index is 11.2. The van der Waals surface area contributed by atoms with Gasteiger partial charge in [-0.3, -0.25) is 4.79 Å². The Kier molecular flexibility index (Phi) is 20.7. The molecule has 0 saturated heterocycles. The number of carboxylic acid groups (broad SMARTS) is 2. The number of carbonyl (C=O) groups is 2. The second-order valence-corrected chi connectivity index (χ2v) is 7.88. The summed E-state index contributed by atoms with van der Waals surface area (Å²) in [6.45, 7) is 2.22. The van der Waals surface area contributed by atoms with Crippen LogP contribution in [-0.2, 0) is 9.59 Å². The van der Waals surface area contributed by atoms with E-state index in [1.807, 2.05) is 0 Å². The van der Waals surface area contributed by atoms with Gasteiger partial charge >= 0.3 is 11.9 Å². The third kappa shape index (κ3) is 13.6. The Balaban J connectivity index is -0.00000264. The fourth-order valence-corrected chi connectivity index (χ4v) is 3.20. The van der Waals surface area contributed by atoms with Crippen LogP contribution in [0.15, 0.2) is 0 Å². The van der Waals surface area contributed by atoms with Crippen molar-refractivity contribution in [3.63, 3.8) is 0 Å². The van der Waals surface area contributed by atoms with Gasteiger partial charge in [0.25, 0.3) is 0 Å². The van der Waals surface area contributed by atoms with Crippen LogP contribution in [0.3, 0.4) is 0 Å². The average molecular weight is 417 g/mol. The summed E-state index contributed by atoms with van der Waals surface area (Å²) in [6.07, 6.45) is 14.3. The fourth-order valence-electron chi connectivity index (χ4n) is 2.80. The lowest BCUT2D eigenvalue weighted by Gasteiger charge is -2.22. The molecule has 8 heteroatoms. The number of rotatable bonds is 16. The Morgan fingerprint density at radius 1 is 0.769 bits per heavy atom. The molecule has 6 nitrogen and oxygen atoms in total. The zero-order valence-corrected chi connectivity index (χ0v) is 17.7. The molecule has 1 atom stereocenters. The summed E-state index contributed by atoms with van der Waals surface area (Å²) in [4.78, 5) is 22.1. The van der Waals surface area contributed by atoms with E-state index in [1.165, 1.54) is 51.4 Å². The Morgan fingerprint density at radius 2 is 1.12 bits per heavy atom. The Bertz CT molecular complexity index is 369. The van der Waals surface area contributed by atoms with Crippen molar-refractivity contribution in [2.45, 2.75) is 94.7 Å². The highest BCUT2D eigenvalue weighted by Crippen LogP contribution is 2.34. The second kappa shape index (κ2) is 17.8. The molecule has 0 spiro atoms. The summed E-state index contributed by atoms with van der Waals surface area (Å²) in [5.74, 6) is -4.04. The number of aliphatic carboxylic acids is 2. The summed E-state index contributed by atoms with van der Waals surface area (Å²) in [5, 5.41) is 18.0. The number of halogens is 2. The topological polar surface area (TPSA) is 145 Å². The van der Waals surface area contributed by atoms with Gasteiger partial charge < -0.3 is 22.5 Å². The molecule has 8 N–H and O–H groups in total. The third-order valence-electron chi connectivity index (χ3n) is 4.37.